The highest BCUT2D eigenvalue weighted by Gasteiger charge is 2.09. The molecular formula is C17H22Cl2N4OS. The van der Waals surface area contributed by atoms with Gasteiger partial charge in [0.1, 0.15) is 5.15 Å². The molecule has 25 heavy (non-hydrogen) atoms. The molecular weight excluding hydrogens is 379 g/mol. The summed E-state index contributed by atoms with van der Waals surface area (Å²) in [6.07, 6.45) is 0. The van der Waals surface area contributed by atoms with E-state index in [0.29, 0.717) is 35.0 Å². The van der Waals surface area contributed by atoms with Gasteiger partial charge in [0.05, 0.1) is 22.4 Å². The minimum atomic E-state index is -1.03. The maximum absolute atomic E-state index is 12.2. The van der Waals surface area contributed by atoms with Gasteiger partial charge in [-0.3, -0.25) is 4.21 Å². The summed E-state index contributed by atoms with van der Waals surface area (Å²) in [5, 5.41) is 7.40. The molecule has 2 N–H and O–H groups in total. The van der Waals surface area contributed by atoms with Gasteiger partial charge >= 0.3 is 0 Å². The van der Waals surface area contributed by atoms with Crippen LogP contribution >= 0.6 is 23.2 Å². The van der Waals surface area contributed by atoms with Gasteiger partial charge in [-0.2, -0.15) is 0 Å². The molecule has 0 fully saturated rings. The standard InChI is InChI=1S/C17H22Cl2N4OS/c1-3-20-17(22-12-13-11-15(18)16(19)23(13)2)21-9-10-25(24)14-7-5-4-6-8-14/h4-8,11H,3,9-10,12H2,1-2H3,(H2,20,21,22). The largest absolute Gasteiger partial charge is 0.357 e. The lowest BCUT2D eigenvalue weighted by Gasteiger charge is -2.11. The van der Waals surface area contributed by atoms with E-state index in [1.807, 2.05) is 44.3 Å². The second kappa shape index (κ2) is 9.85. The molecule has 1 unspecified atom stereocenters. The van der Waals surface area contributed by atoms with Crippen molar-refractivity contribution in [2.75, 3.05) is 18.8 Å². The van der Waals surface area contributed by atoms with E-state index < -0.39 is 10.8 Å². The van der Waals surface area contributed by atoms with Gasteiger partial charge in [0.25, 0.3) is 0 Å². The second-order valence-electron chi connectivity index (χ2n) is 5.32. The zero-order valence-electron chi connectivity index (χ0n) is 14.3. The number of guanidine groups is 1. The number of rotatable bonds is 7. The number of nitrogens with zero attached hydrogens (tertiary/aromatic N) is 2. The zero-order valence-corrected chi connectivity index (χ0v) is 16.6. The Bertz CT molecular complexity index is 747. The molecule has 8 heteroatoms. The zero-order chi connectivity index (χ0) is 18.2. The highest BCUT2D eigenvalue weighted by Crippen LogP contribution is 2.25. The third-order valence-electron chi connectivity index (χ3n) is 3.55. The van der Waals surface area contributed by atoms with Crippen molar-refractivity contribution in [3.63, 3.8) is 0 Å². The van der Waals surface area contributed by atoms with Gasteiger partial charge in [-0.05, 0) is 25.1 Å². The number of benzene rings is 1. The molecule has 1 aromatic heterocycles. The molecule has 1 aromatic carbocycles. The molecule has 0 bridgehead atoms. The summed E-state index contributed by atoms with van der Waals surface area (Å²) < 4.78 is 14.0. The first kappa shape index (κ1) is 19.8. The Kier molecular flexibility index (Phi) is 7.81. The van der Waals surface area contributed by atoms with Gasteiger partial charge in [-0.15, -0.1) is 0 Å². The van der Waals surface area contributed by atoms with Gasteiger partial charge in [0, 0.05) is 36.5 Å². The monoisotopic (exact) mass is 400 g/mol. The van der Waals surface area contributed by atoms with Crippen molar-refractivity contribution in [3.8, 4) is 0 Å². The minimum absolute atomic E-state index is 0.444. The van der Waals surface area contributed by atoms with Crippen molar-refractivity contribution in [2.45, 2.75) is 18.4 Å². The quantitative estimate of drug-likeness (QED) is 0.554. The van der Waals surface area contributed by atoms with Crippen LogP contribution in [0.5, 0.6) is 0 Å². The third kappa shape index (κ3) is 5.76. The Hall–Kier alpha value is -1.50. The SMILES string of the molecule is CCNC(=NCc1cc(Cl)c(Cl)n1C)NCCS(=O)c1ccccc1. The van der Waals surface area contributed by atoms with Crippen LogP contribution in [0.15, 0.2) is 46.3 Å². The van der Waals surface area contributed by atoms with E-state index in [0.717, 1.165) is 17.1 Å². The molecule has 0 amide bonds. The minimum Gasteiger partial charge on any atom is -0.357 e. The van der Waals surface area contributed by atoms with E-state index in [9.17, 15) is 4.21 Å². The van der Waals surface area contributed by atoms with Crippen LogP contribution in [0.3, 0.4) is 0 Å². The van der Waals surface area contributed by atoms with Crippen LogP contribution in [-0.4, -0.2) is 33.6 Å². The van der Waals surface area contributed by atoms with Crippen molar-refractivity contribution in [3.05, 3.63) is 52.3 Å². The molecule has 0 saturated carbocycles. The van der Waals surface area contributed by atoms with Crippen LogP contribution in [0.2, 0.25) is 10.2 Å². The van der Waals surface area contributed by atoms with Gasteiger partial charge in [0.2, 0.25) is 0 Å². The summed E-state index contributed by atoms with van der Waals surface area (Å²) in [6, 6.07) is 11.2. The maximum atomic E-state index is 12.2. The fraction of sp³-hybridized carbons (Fsp3) is 0.353. The van der Waals surface area contributed by atoms with Crippen LogP contribution < -0.4 is 10.6 Å². The smallest absolute Gasteiger partial charge is 0.191 e. The van der Waals surface area contributed by atoms with E-state index in [1.54, 1.807) is 10.6 Å². The van der Waals surface area contributed by atoms with Crippen LogP contribution in [0, 0.1) is 0 Å². The average Bonchev–Trinajstić information content (AvgIpc) is 2.87. The summed E-state index contributed by atoms with van der Waals surface area (Å²) in [4.78, 5) is 5.36. The third-order valence-corrected chi connectivity index (χ3v) is 5.76. The number of halogens is 2. The van der Waals surface area contributed by atoms with Gasteiger partial charge in [-0.25, -0.2) is 4.99 Å². The van der Waals surface area contributed by atoms with E-state index in [4.69, 9.17) is 23.2 Å². The molecule has 136 valence electrons. The number of aliphatic imine (C=N–C) groups is 1. The molecule has 1 heterocycles. The van der Waals surface area contributed by atoms with Crippen molar-refractivity contribution < 1.29 is 4.21 Å². The lowest BCUT2D eigenvalue weighted by Crippen LogP contribution is -2.39. The lowest BCUT2D eigenvalue weighted by molar-refractivity contribution is 0.681. The normalized spacial score (nSPS) is 12.9. The number of nitrogens with one attached hydrogen (secondary N) is 2. The van der Waals surface area contributed by atoms with Crippen LogP contribution in [-0.2, 0) is 24.4 Å². The molecule has 0 spiro atoms. The van der Waals surface area contributed by atoms with Crippen LogP contribution in [0.4, 0.5) is 0 Å². The Morgan fingerprint density at radius 2 is 1.96 bits per heavy atom. The van der Waals surface area contributed by atoms with Gasteiger partial charge in [-0.1, -0.05) is 41.4 Å². The van der Waals surface area contributed by atoms with Crippen molar-refractivity contribution in [2.24, 2.45) is 12.0 Å². The molecule has 2 aromatic rings. The molecule has 0 aliphatic carbocycles. The fourth-order valence-electron chi connectivity index (χ4n) is 2.19. The predicted molar refractivity (Wildman–Crippen MR) is 106 cm³/mol. The van der Waals surface area contributed by atoms with Gasteiger partial charge in [0.15, 0.2) is 5.96 Å². The first-order valence-corrected chi connectivity index (χ1v) is 10.1. The number of hydrogen-bond acceptors (Lipinski definition) is 2. The Morgan fingerprint density at radius 1 is 1.24 bits per heavy atom. The molecule has 0 radical (unpaired) electrons. The van der Waals surface area contributed by atoms with E-state index in [2.05, 4.69) is 15.6 Å². The molecule has 2 rings (SSSR count). The predicted octanol–water partition coefficient (Wildman–Crippen LogP) is 3.19. The van der Waals surface area contributed by atoms with E-state index >= 15 is 0 Å². The molecule has 1 atom stereocenters. The summed E-state index contributed by atoms with van der Waals surface area (Å²) in [5.74, 6) is 1.18. The van der Waals surface area contributed by atoms with Gasteiger partial charge < -0.3 is 15.2 Å². The summed E-state index contributed by atoms with van der Waals surface area (Å²) >= 11 is 12.1. The van der Waals surface area contributed by atoms with Crippen molar-refractivity contribution >= 4 is 40.0 Å². The first-order chi connectivity index (χ1) is 12.0. The number of aromatic nitrogens is 1. The highest BCUT2D eigenvalue weighted by atomic mass is 35.5. The summed E-state index contributed by atoms with van der Waals surface area (Å²) in [6.45, 7) is 3.74. The van der Waals surface area contributed by atoms with E-state index in [1.165, 1.54) is 0 Å². The van der Waals surface area contributed by atoms with Crippen molar-refractivity contribution in [1.82, 2.24) is 15.2 Å². The molecule has 0 aliphatic heterocycles. The molecule has 0 aliphatic rings. The summed E-state index contributed by atoms with van der Waals surface area (Å²) in [5.41, 5.74) is 0.917. The fourth-order valence-corrected chi connectivity index (χ4v) is 3.59. The molecule has 5 nitrogen and oxygen atoms in total. The Morgan fingerprint density at radius 3 is 2.56 bits per heavy atom. The topological polar surface area (TPSA) is 58.4 Å². The van der Waals surface area contributed by atoms with Crippen molar-refractivity contribution in [1.29, 1.82) is 0 Å². The van der Waals surface area contributed by atoms with Crippen LogP contribution in [0.1, 0.15) is 12.6 Å². The first-order valence-electron chi connectivity index (χ1n) is 7.98. The average molecular weight is 401 g/mol. The van der Waals surface area contributed by atoms with Crippen LogP contribution in [0.25, 0.3) is 0 Å². The van der Waals surface area contributed by atoms with E-state index in [-0.39, 0.29) is 0 Å². The maximum Gasteiger partial charge on any atom is 0.191 e. The Balaban J connectivity index is 1.91. The second-order valence-corrected chi connectivity index (χ2v) is 7.65. The summed E-state index contributed by atoms with van der Waals surface area (Å²) in [7, 11) is 0.818. The Labute approximate surface area is 160 Å². The lowest BCUT2D eigenvalue weighted by atomic mass is 10.4. The highest BCUT2D eigenvalue weighted by molar-refractivity contribution is 7.85. The number of hydrogen-bond donors (Lipinski definition) is 2. The molecule has 0 saturated heterocycles.